The van der Waals surface area contributed by atoms with Gasteiger partial charge in [-0.05, 0) is 18.6 Å². The van der Waals surface area contributed by atoms with Gasteiger partial charge in [0.25, 0.3) is 0 Å². The maximum atomic E-state index is 13.4. The van der Waals surface area contributed by atoms with E-state index < -0.39 is 11.8 Å². The zero-order valence-corrected chi connectivity index (χ0v) is 14.3. The van der Waals surface area contributed by atoms with Gasteiger partial charge in [0.1, 0.15) is 10.8 Å². The second-order valence-electron chi connectivity index (χ2n) is 5.15. The van der Waals surface area contributed by atoms with Gasteiger partial charge in [-0.1, -0.05) is 30.3 Å². The average molecular weight is 357 g/mol. The van der Waals surface area contributed by atoms with Crippen molar-refractivity contribution in [3.63, 3.8) is 0 Å². The molecule has 2 aromatic heterocycles. The molecule has 0 spiro atoms. The van der Waals surface area contributed by atoms with Crippen LogP contribution in [0.25, 0.3) is 10.6 Å². The van der Waals surface area contributed by atoms with Gasteiger partial charge in [0.05, 0.1) is 12.8 Å². The molecule has 1 N–H and O–H groups in total. The van der Waals surface area contributed by atoms with E-state index in [2.05, 4.69) is 15.3 Å². The molecule has 128 valence electrons. The number of nitrogens with zero attached hydrogens (tertiary/aromatic N) is 2. The van der Waals surface area contributed by atoms with Gasteiger partial charge in [-0.3, -0.25) is 4.98 Å². The maximum absolute atomic E-state index is 13.4. The summed E-state index contributed by atoms with van der Waals surface area (Å²) in [4.78, 5) is 20.8. The first-order chi connectivity index (χ1) is 12.2. The van der Waals surface area contributed by atoms with Crippen molar-refractivity contribution in [3.05, 3.63) is 65.0 Å². The zero-order chi connectivity index (χ0) is 17.6. The molecule has 0 aliphatic heterocycles. The van der Waals surface area contributed by atoms with Gasteiger partial charge >= 0.3 is 5.97 Å². The lowest BCUT2D eigenvalue weighted by Crippen LogP contribution is -2.08. The summed E-state index contributed by atoms with van der Waals surface area (Å²) < 4.78 is 18.5. The van der Waals surface area contributed by atoms with E-state index in [4.69, 9.17) is 4.74 Å². The fourth-order valence-corrected chi connectivity index (χ4v) is 3.13. The van der Waals surface area contributed by atoms with Gasteiger partial charge in [-0.15, -0.1) is 11.3 Å². The number of nitrogens with one attached hydrogen (secondary N) is 1. The van der Waals surface area contributed by atoms with Crippen LogP contribution in [0.15, 0.2) is 48.8 Å². The van der Waals surface area contributed by atoms with E-state index in [-0.39, 0.29) is 6.61 Å². The van der Waals surface area contributed by atoms with Gasteiger partial charge in [-0.2, -0.15) is 0 Å². The Labute approximate surface area is 148 Å². The van der Waals surface area contributed by atoms with E-state index in [0.717, 1.165) is 23.1 Å². The number of carbonyl (C=O) groups is 1. The minimum Gasteiger partial charge on any atom is -0.462 e. The predicted octanol–water partition coefficient (Wildman–Crippen LogP) is 4.13. The topological polar surface area (TPSA) is 64.1 Å². The van der Waals surface area contributed by atoms with Gasteiger partial charge in [0.2, 0.25) is 0 Å². The molecule has 2 heterocycles. The molecule has 0 bridgehead atoms. The molecule has 25 heavy (non-hydrogen) atoms. The standard InChI is InChI=1S/C18H16FN3O2S/c1-2-24-18(23)15-16(21-9-12-6-4-3-5-7-12)22-17(25-15)13-8-14(19)11-20-10-13/h3-8,10-11,21H,2,9H2,1H3. The fourth-order valence-electron chi connectivity index (χ4n) is 2.21. The van der Waals surface area contributed by atoms with Crippen LogP contribution in [0.4, 0.5) is 10.2 Å². The fraction of sp³-hybridized carbons (Fsp3) is 0.167. The Balaban J connectivity index is 1.90. The van der Waals surface area contributed by atoms with E-state index in [1.54, 1.807) is 6.92 Å². The number of hydrogen-bond acceptors (Lipinski definition) is 6. The van der Waals surface area contributed by atoms with Crippen LogP contribution in [0.5, 0.6) is 0 Å². The summed E-state index contributed by atoms with van der Waals surface area (Å²) in [6, 6.07) is 11.1. The number of ether oxygens (including phenoxy) is 1. The number of esters is 1. The first kappa shape index (κ1) is 17.0. The zero-order valence-electron chi connectivity index (χ0n) is 13.5. The van der Waals surface area contributed by atoms with E-state index in [1.807, 2.05) is 30.3 Å². The lowest BCUT2D eigenvalue weighted by atomic mass is 10.2. The van der Waals surface area contributed by atoms with Crippen LogP contribution in [-0.4, -0.2) is 22.5 Å². The number of carbonyl (C=O) groups excluding carboxylic acids is 1. The first-order valence-electron chi connectivity index (χ1n) is 7.74. The van der Waals surface area contributed by atoms with Crippen molar-refractivity contribution >= 4 is 23.1 Å². The summed E-state index contributed by atoms with van der Waals surface area (Å²) in [5, 5.41) is 3.66. The van der Waals surface area contributed by atoms with Crippen molar-refractivity contribution in [2.75, 3.05) is 11.9 Å². The summed E-state index contributed by atoms with van der Waals surface area (Å²) in [6.45, 7) is 2.52. The molecule has 0 atom stereocenters. The number of benzene rings is 1. The Morgan fingerprint density at radius 3 is 2.80 bits per heavy atom. The number of anilines is 1. The SMILES string of the molecule is CCOC(=O)c1sc(-c2cncc(F)c2)nc1NCc1ccccc1. The number of rotatable bonds is 6. The number of pyridine rings is 1. The molecular weight excluding hydrogens is 341 g/mol. The van der Waals surface area contributed by atoms with Crippen molar-refractivity contribution in [3.8, 4) is 10.6 Å². The third-order valence-electron chi connectivity index (χ3n) is 3.34. The molecule has 3 aromatic rings. The van der Waals surface area contributed by atoms with Gasteiger partial charge in [-0.25, -0.2) is 14.2 Å². The van der Waals surface area contributed by atoms with Gasteiger partial charge in [0.15, 0.2) is 10.7 Å². The smallest absolute Gasteiger partial charge is 0.352 e. The molecule has 0 amide bonds. The molecular formula is C18H16FN3O2S. The van der Waals surface area contributed by atoms with Crippen LogP contribution in [0.1, 0.15) is 22.2 Å². The minimum atomic E-state index is -0.454. The highest BCUT2D eigenvalue weighted by Crippen LogP contribution is 2.32. The lowest BCUT2D eigenvalue weighted by Gasteiger charge is -2.05. The quantitative estimate of drug-likeness (QED) is 0.672. The number of thiazole rings is 1. The van der Waals surface area contributed by atoms with Crippen molar-refractivity contribution < 1.29 is 13.9 Å². The molecule has 0 fully saturated rings. The Kier molecular flexibility index (Phi) is 5.35. The summed E-state index contributed by atoms with van der Waals surface area (Å²) in [6.07, 6.45) is 2.63. The molecule has 0 saturated heterocycles. The summed E-state index contributed by atoms with van der Waals surface area (Å²) >= 11 is 1.15. The molecule has 1 aromatic carbocycles. The highest BCUT2D eigenvalue weighted by atomic mass is 32.1. The van der Waals surface area contributed by atoms with Crippen molar-refractivity contribution in [2.24, 2.45) is 0 Å². The van der Waals surface area contributed by atoms with E-state index in [1.165, 1.54) is 12.3 Å². The van der Waals surface area contributed by atoms with Gasteiger partial charge in [0, 0.05) is 18.3 Å². The minimum absolute atomic E-state index is 0.270. The molecule has 0 radical (unpaired) electrons. The van der Waals surface area contributed by atoms with E-state index in [0.29, 0.717) is 27.8 Å². The monoisotopic (exact) mass is 357 g/mol. The summed E-state index contributed by atoms with van der Waals surface area (Å²) in [7, 11) is 0. The van der Waals surface area contributed by atoms with Crippen molar-refractivity contribution in [2.45, 2.75) is 13.5 Å². The van der Waals surface area contributed by atoms with Crippen molar-refractivity contribution in [1.29, 1.82) is 0 Å². The highest BCUT2D eigenvalue weighted by molar-refractivity contribution is 7.17. The number of aromatic nitrogens is 2. The van der Waals surface area contributed by atoms with E-state index >= 15 is 0 Å². The Morgan fingerprint density at radius 2 is 2.08 bits per heavy atom. The highest BCUT2D eigenvalue weighted by Gasteiger charge is 2.20. The lowest BCUT2D eigenvalue weighted by molar-refractivity contribution is 0.0533. The second-order valence-corrected chi connectivity index (χ2v) is 6.15. The average Bonchev–Trinajstić information content (AvgIpc) is 3.05. The first-order valence-corrected chi connectivity index (χ1v) is 8.55. The number of hydrogen-bond donors (Lipinski definition) is 1. The van der Waals surface area contributed by atoms with Crippen LogP contribution in [0.2, 0.25) is 0 Å². The van der Waals surface area contributed by atoms with Crippen LogP contribution in [-0.2, 0) is 11.3 Å². The molecule has 5 nitrogen and oxygen atoms in total. The third kappa shape index (κ3) is 4.19. The second kappa shape index (κ2) is 7.85. The van der Waals surface area contributed by atoms with E-state index in [9.17, 15) is 9.18 Å². The molecule has 0 saturated carbocycles. The Morgan fingerprint density at radius 1 is 1.28 bits per heavy atom. The Bertz CT molecular complexity index is 868. The summed E-state index contributed by atoms with van der Waals surface area (Å²) in [5.74, 6) is -0.484. The molecule has 0 aliphatic carbocycles. The molecule has 7 heteroatoms. The normalized spacial score (nSPS) is 10.5. The number of halogens is 1. The van der Waals surface area contributed by atoms with Crippen LogP contribution in [0.3, 0.4) is 0 Å². The molecule has 0 unspecified atom stereocenters. The largest absolute Gasteiger partial charge is 0.462 e. The maximum Gasteiger partial charge on any atom is 0.352 e. The van der Waals surface area contributed by atoms with Crippen LogP contribution < -0.4 is 5.32 Å². The van der Waals surface area contributed by atoms with Gasteiger partial charge < -0.3 is 10.1 Å². The Hall–Kier alpha value is -2.80. The van der Waals surface area contributed by atoms with Crippen LogP contribution in [0, 0.1) is 5.82 Å². The molecule has 3 rings (SSSR count). The third-order valence-corrected chi connectivity index (χ3v) is 4.43. The van der Waals surface area contributed by atoms with Crippen molar-refractivity contribution in [1.82, 2.24) is 9.97 Å². The van der Waals surface area contributed by atoms with Crippen LogP contribution >= 0.6 is 11.3 Å². The molecule has 0 aliphatic rings. The summed E-state index contributed by atoms with van der Waals surface area (Å²) in [5.41, 5.74) is 1.57. The predicted molar refractivity (Wildman–Crippen MR) is 95.0 cm³/mol.